The van der Waals surface area contributed by atoms with Crippen molar-refractivity contribution in [2.24, 2.45) is 5.73 Å². The van der Waals surface area contributed by atoms with Crippen molar-refractivity contribution < 1.29 is 0 Å². The number of nitrogens with zero attached hydrogens (tertiary/aromatic N) is 3. The third-order valence-corrected chi connectivity index (χ3v) is 0.942. The zero-order chi connectivity index (χ0) is 6.69. The lowest BCUT2D eigenvalue weighted by atomic mass is 10.4. The van der Waals surface area contributed by atoms with Crippen LogP contribution in [0.1, 0.15) is 6.92 Å². The fourth-order valence-corrected chi connectivity index (χ4v) is 0.622. The molecule has 1 aromatic rings. The molecule has 0 bridgehead atoms. The maximum Gasteiger partial charge on any atom is 0.137 e. The Morgan fingerprint density at radius 3 is 2.80 bits per heavy atom. The molecule has 1 atom stereocenters. The van der Waals surface area contributed by atoms with Crippen molar-refractivity contribution in [1.82, 2.24) is 14.8 Å². The molecule has 0 saturated heterocycles. The van der Waals surface area contributed by atoms with Gasteiger partial charge in [0.25, 0.3) is 0 Å². The van der Waals surface area contributed by atoms with E-state index in [1.165, 1.54) is 6.33 Å². The van der Waals surface area contributed by atoms with Crippen LogP contribution in [0.15, 0.2) is 12.7 Å². The Hall–Kier alpha value is -0.610. The summed E-state index contributed by atoms with van der Waals surface area (Å²) in [6.07, 6.45) is 3.16. The molecule has 1 aromatic heterocycles. The van der Waals surface area contributed by atoms with Gasteiger partial charge >= 0.3 is 0 Å². The summed E-state index contributed by atoms with van der Waals surface area (Å²) in [5.41, 5.74) is 5.50. The Labute approximate surface area is 65.8 Å². The van der Waals surface area contributed by atoms with E-state index in [0.29, 0.717) is 0 Å². The van der Waals surface area contributed by atoms with Crippen LogP contribution < -0.4 is 5.73 Å². The van der Waals surface area contributed by atoms with Crippen molar-refractivity contribution in [3.05, 3.63) is 12.7 Å². The Morgan fingerprint density at radius 1 is 1.70 bits per heavy atom. The predicted octanol–water partition coefficient (Wildman–Crippen LogP) is 0.0471. The zero-order valence-corrected chi connectivity index (χ0v) is 6.58. The van der Waals surface area contributed by atoms with E-state index in [-0.39, 0.29) is 18.4 Å². The van der Waals surface area contributed by atoms with Gasteiger partial charge in [0.15, 0.2) is 0 Å². The van der Waals surface area contributed by atoms with Gasteiger partial charge in [0.05, 0.1) is 6.54 Å². The Balaban J connectivity index is 0.000000810. The third-order valence-electron chi connectivity index (χ3n) is 0.942. The van der Waals surface area contributed by atoms with Gasteiger partial charge in [0.1, 0.15) is 12.7 Å². The molecular weight excluding hydrogens is 152 g/mol. The minimum Gasteiger partial charge on any atom is -0.326 e. The fraction of sp³-hybridized carbons (Fsp3) is 0.600. The van der Waals surface area contributed by atoms with Crippen LogP contribution in [-0.4, -0.2) is 20.8 Å². The van der Waals surface area contributed by atoms with Gasteiger partial charge in [-0.1, -0.05) is 0 Å². The van der Waals surface area contributed by atoms with Crippen molar-refractivity contribution in [1.29, 1.82) is 0 Å². The molecule has 1 rings (SSSR count). The summed E-state index contributed by atoms with van der Waals surface area (Å²) in [6.45, 7) is 2.67. The number of rotatable bonds is 2. The molecule has 10 heavy (non-hydrogen) atoms. The quantitative estimate of drug-likeness (QED) is 0.669. The third kappa shape index (κ3) is 2.80. The Bertz CT molecular complexity index is 160. The van der Waals surface area contributed by atoms with Gasteiger partial charge in [-0.05, 0) is 6.92 Å². The molecule has 58 valence electrons. The van der Waals surface area contributed by atoms with Crippen molar-refractivity contribution in [3.8, 4) is 0 Å². The number of aromatic nitrogens is 3. The monoisotopic (exact) mass is 162 g/mol. The number of halogens is 1. The minimum absolute atomic E-state index is 0. The van der Waals surface area contributed by atoms with Crippen molar-refractivity contribution in [3.63, 3.8) is 0 Å². The van der Waals surface area contributed by atoms with Crippen LogP contribution in [0.25, 0.3) is 0 Å². The summed E-state index contributed by atoms with van der Waals surface area (Å²) in [4.78, 5) is 3.77. The molecule has 0 fully saturated rings. The highest BCUT2D eigenvalue weighted by Crippen LogP contribution is 1.82. The van der Waals surface area contributed by atoms with Crippen LogP contribution in [0, 0.1) is 0 Å². The molecule has 0 radical (unpaired) electrons. The lowest BCUT2D eigenvalue weighted by molar-refractivity contribution is 0.537. The number of hydrogen-bond acceptors (Lipinski definition) is 3. The molecule has 1 unspecified atom stereocenters. The van der Waals surface area contributed by atoms with Gasteiger partial charge in [-0.15, -0.1) is 12.4 Å². The topological polar surface area (TPSA) is 56.7 Å². The summed E-state index contributed by atoms with van der Waals surface area (Å²) in [5.74, 6) is 0. The molecule has 0 spiro atoms. The van der Waals surface area contributed by atoms with Crippen LogP contribution in [0.3, 0.4) is 0 Å². The van der Waals surface area contributed by atoms with Gasteiger partial charge < -0.3 is 5.73 Å². The molecule has 0 aliphatic rings. The lowest BCUT2D eigenvalue weighted by Crippen LogP contribution is -2.22. The first kappa shape index (κ1) is 9.39. The van der Waals surface area contributed by atoms with E-state index in [4.69, 9.17) is 5.73 Å². The van der Waals surface area contributed by atoms with Crippen LogP contribution in [-0.2, 0) is 6.54 Å². The van der Waals surface area contributed by atoms with Crippen LogP contribution >= 0.6 is 12.4 Å². The molecule has 2 N–H and O–H groups in total. The first-order valence-electron chi connectivity index (χ1n) is 2.87. The summed E-state index contributed by atoms with van der Waals surface area (Å²) in [5, 5.41) is 3.88. The first-order valence-corrected chi connectivity index (χ1v) is 2.87. The molecule has 1 heterocycles. The summed E-state index contributed by atoms with van der Waals surface area (Å²) in [7, 11) is 0. The highest BCUT2D eigenvalue weighted by Gasteiger charge is 1.93. The van der Waals surface area contributed by atoms with E-state index < -0.39 is 0 Å². The van der Waals surface area contributed by atoms with Crippen LogP contribution in [0.5, 0.6) is 0 Å². The largest absolute Gasteiger partial charge is 0.326 e. The average Bonchev–Trinajstić information content (AvgIpc) is 2.15. The summed E-state index contributed by atoms with van der Waals surface area (Å²) in [6, 6.07) is 0.145. The summed E-state index contributed by atoms with van der Waals surface area (Å²) < 4.78 is 1.71. The van der Waals surface area contributed by atoms with Crippen LogP contribution in [0.2, 0.25) is 0 Å². The maximum absolute atomic E-state index is 5.50. The zero-order valence-electron chi connectivity index (χ0n) is 5.77. The maximum atomic E-state index is 5.50. The van der Waals surface area contributed by atoms with Gasteiger partial charge in [-0.2, -0.15) is 5.10 Å². The van der Waals surface area contributed by atoms with Gasteiger partial charge in [-0.3, -0.25) is 4.68 Å². The highest BCUT2D eigenvalue weighted by molar-refractivity contribution is 5.85. The van der Waals surface area contributed by atoms with E-state index in [9.17, 15) is 0 Å². The molecule has 0 aliphatic heterocycles. The SMILES string of the molecule is CC(N)Cn1cncn1.Cl. The second kappa shape index (κ2) is 4.24. The smallest absolute Gasteiger partial charge is 0.137 e. The van der Waals surface area contributed by atoms with E-state index in [2.05, 4.69) is 10.1 Å². The second-order valence-corrected chi connectivity index (χ2v) is 2.09. The predicted molar refractivity (Wildman–Crippen MR) is 40.9 cm³/mol. The molecule has 0 amide bonds. The van der Waals surface area contributed by atoms with Crippen molar-refractivity contribution in [2.75, 3.05) is 0 Å². The normalized spacial score (nSPS) is 12.2. The molecule has 0 aliphatic carbocycles. The summed E-state index contributed by atoms with van der Waals surface area (Å²) >= 11 is 0. The highest BCUT2D eigenvalue weighted by atomic mass is 35.5. The molecule has 0 aromatic carbocycles. The molecule has 0 saturated carbocycles. The van der Waals surface area contributed by atoms with Gasteiger partial charge in [-0.25, -0.2) is 4.98 Å². The Kier molecular flexibility index (Phi) is 3.99. The van der Waals surface area contributed by atoms with Crippen molar-refractivity contribution in [2.45, 2.75) is 19.5 Å². The molecule has 5 heteroatoms. The number of nitrogens with two attached hydrogens (primary N) is 1. The van der Waals surface area contributed by atoms with E-state index >= 15 is 0 Å². The van der Waals surface area contributed by atoms with E-state index in [0.717, 1.165) is 6.54 Å². The van der Waals surface area contributed by atoms with E-state index in [1.54, 1.807) is 11.0 Å². The Morgan fingerprint density at radius 2 is 2.40 bits per heavy atom. The fourth-order valence-electron chi connectivity index (χ4n) is 0.622. The first-order chi connectivity index (χ1) is 4.29. The molecule has 4 nitrogen and oxygen atoms in total. The van der Waals surface area contributed by atoms with Gasteiger partial charge in [0, 0.05) is 6.04 Å². The standard InChI is InChI=1S/C5H10N4.ClH/c1-5(6)2-9-4-7-3-8-9;/h3-5H,2,6H2,1H3;1H. The van der Waals surface area contributed by atoms with Gasteiger partial charge in [0.2, 0.25) is 0 Å². The second-order valence-electron chi connectivity index (χ2n) is 2.09. The number of hydrogen-bond donors (Lipinski definition) is 1. The van der Waals surface area contributed by atoms with Crippen LogP contribution in [0.4, 0.5) is 0 Å². The average molecular weight is 163 g/mol. The van der Waals surface area contributed by atoms with Crippen molar-refractivity contribution >= 4 is 12.4 Å². The minimum atomic E-state index is 0. The lowest BCUT2D eigenvalue weighted by Gasteiger charge is -2.01. The van der Waals surface area contributed by atoms with E-state index in [1.807, 2.05) is 6.92 Å². The molecular formula is C5H11ClN4.